The van der Waals surface area contributed by atoms with E-state index in [9.17, 15) is 0 Å². The molecule has 3 rings (SSSR count). The molecule has 0 saturated heterocycles. The lowest BCUT2D eigenvalue weighted by Crippen LogP contribution is -2.37. The number of hydrogen-bond acceptors (Lipinski definition) is 6. The quantitative estimate of drug-likeness (QED) is 0.0453. The number of hydrogen-bond donors (Lipinski definition) is 0. The van der Waals surface area contributed by atoms with E-state index in [1.54, 1.807) is 14.2 Å². The Hall–Kier alpha value is -2.18. The number of methoxy groups -OCH3 is 1. The zero-order valence-corrected chi connectivity index (χ0v) is 30.8. The molecule has 0 amide bonds. The Labute approximate surface area is 291 Å². The van der Waals surface area contributed by atoms with Crippen LogP contribution in [0.2, 0.25) is 0 Å². The van der Waals surface area contributed by atoms with Crippen molar-refractivity contribution in [2.24, 2.45) is 0 Å². The van der Waals surface area contributed by atoms with Gasteiger partial charge in [0.1, 0.15) is 11.4 Å². The summed E-state index contributed by atoms with van der Waals surface area (Å²) in [6.07, 6.45) is 18.3. The Bertz CT molecular complexity index is 1170. The summed E-state index contributed by atoms with van der Waals surface area (Å²) in [5.41, 5.74) is 2.14. The fourth-order valence-electron chi connectivity index (χ4n) is 6.03. The van der Waals surface area contributed by atoms with Crippen LogP contribution in [-0.4, -0.2) is 40.1 Å². The van der Waals surface area contributed by atoms with Crippen molar-refractivity contribution in [1.82, 2.24) is 0 Å². The molecule has 0 heterocycles. The van der Waals surface area contributed by atoms with Crippen LogP contribution in [0.25, 0.3) is 0 Å². The largest absolute Gasteiger partial charge is 0.521 e. The van der Waals surface area contributed by atoms with Crippen LogP contribution in [0.4, 0.5) is 0 Å². The predicted molar refractivity (Wildman–Crippen MR) is 199 cm³/mol. The van der Waals surface area contributed by atoms with E-state index in [2.05, 4.69) is 43.3 Å². The van der Waals surface area contributed by atoms with E-state index in [4.69, 9.17) is 35.1 Å². The van der Waals surface area contributed by atoms with Gasteiger partial charge in [0.05, 0.1) is 27.4 Å². The molecule has 0 radical (unpaired) electrons. The van der Waals surface area contributed by atoms with Gasteiger partial charge >= 0.3 is 7.15 Å². The Morgan fingerprint density at radius 3 is 1.53 bits per heavy atom. The first-order chi connectivity index (χ1) is 23.1. The van der Waals surface area contributed by atoms with Gasteiger partial charge in [0.25, 0.3) is 0 Å². The summed E-state index contributed by atoms with van der Waals surface area (Å²) in [5.74, 6) is 0.790. The van der Waals surface area contributed by atoms with Gasteiger partial charge in [-0.2, -0.15) is 0 Å². The maximum absolute atomic E-state index is 7.01. The lowest BCUT2D eigenvalue weighted by Gasteiger charge is -2.36. The van der Waals surface area contributed by atoms with E-state index in [0.717, 1.165) is 28.9 Å². The van der Waals surface area contributed by atoms with E-state index < -0.39 is 12.8 Å². The van der Waals surface area contributed by atoms with Crippen LogP contribution in [0.3, 0.4) is 0 Å². The van der Waals surface area contributed by atoms with Crippen LogP contribution in [0.1, 0.15) is 114 Å². The van der Waals surface area contributed by atoms with Crippen LogP contribution in [0.15, 0.2) is 84.9 Å². The predicted octanol–water partition coefficient (Wildman–Crippen LogP) is 11.3. The maximum atomic E-state index is 7.01. The van der Waals surface area contributed by atoms with Gasteiger partial charge in [-0.25, -0.2) is 0 Å². The molecule has 2 unspecified atom stereocenters. The van der Waals surface area contributed by atoms with Crippen LogP contribution in [0.5, 0.6) is 5.75 Å². The molecular weight excluding hydrogens is 623 g/mol. The average Bonchev–Trinajstić information content (AvgIpc) is 3.12. The Kier molecular flexibility index (Phi) is 20.1. The third-order valence-electron chi connectivity index (χ3n) is 8.67. The molecule has 0 bridgehead atoms. The molecule has 0 aliphatic rings. The molecule has 2 atom stereocenters. The summed E-state index contributed by atoms with van der Waals surface area (Å²) in [5, 5.41) is 0. The SMILES string of the molecule is CCCCCCCCCCCCCCCCOCC(COC(c1ccccc1)(c1ccccc1)c1ccc(OC)cc1)O[P+](=S)OC. The Morgan fingerprint density at radius 1 is 0.596 bits per heavy atom. The molecule has 258 valence electrons. The first kappa shape index (κ1) is 39.3. The van der Waals surface area contributed by atoms with E-state index in [-0.39, 0.29) is 12.7 Å². The average molecular weight is 682 g/mol. The van der Waals surface area contributed by atoms with Gasteiger partial charge in [-0.1, -0.05) is 163 Å². The smallest absolute Gasteiger partial charge is 0.497 e. The minimum atomic E-state index is -1.47. The molecule has 0 N–H and O–H groups in total. The minimum absolute atomic E-state index is 0.271. The number of ether oxygens (including phenoxy) is 3. The molecule has 0 saturated carbocycles. The lowest BCUT2D eigenvalue weighted by atomic mass is 9.80. The highest BCUT2D eigenvalue weighted by molar-refractivity contribution is 8.00. The van der Waals surface area contributed by atoms with E-state index in [1.165, 1.54) is 83.5 Å². The monoisotopic (exact) mass is 681 g/mol. The van der Waals surface area contributed by atoms with Gasteiger partial charge in [-0.05, 0) is 35.2 Å². The topological polar surface area (TPSA) is 46.2 Å². The van der Waals surface area contributed by atoms with Gasteiger partial charge in [0.2, 0.25) is 11.8 Å². The third-order valence-corrected chi connectivity index (χ3v) is 10.1. The molecule has 0 aliphatic carbocycles. The lowest BCUT2D eigenvalue weighted by molar-refractivity contribution is -0.0540. The highest BCUT2D eigenvalue weighted by Crippen LogP contribution is 2.41. The number of rotatable bonds is 27. The first-order valence-electron chi connectivity index (χ1n) is 17.8. The minimum Gasteiger partial charge on any atom is -0.497 e. The van der Waals surface area contributed by atoms with Gasteiger partial charge in [-0.3, -0.25) is 0 Å². The molecule has 0 aromatic heterocycles. The van der Waals surface area contributed by atoms with Crippen molar-refractivity contribution in [2.75, 3.05) is 34.0 Å². The van der Waals surface area contributed by atoms with Gasteiger partial charge in [0.15, 0.2) is 6.10 Å². The molecule has 0 aliphatic heterocycles. The molecule has 47 heavy (non-hydrogen) atoms. The molecule has 3 aromatic rings. The van der Waals surface area contributed by atoms with Crippen LogP contribution >= 0.6 is 7.15 Å². The number of unbranched alkanes of at least 4 members (excludes halogenated alkanes) is 13. The van der Waals surface area contributed by atoms with E-state index in [0.29, 0.717) is 13.2 Å². The maximum Gasteiger partial charge on any atom is 0.521 e. The van der Waals surface area contributed by atoms with Crippen molar-refractivity contribution in [1.29, 1.82) is 0 Å². The fourth-order valence-corrected chi connectivity index (χ4v) is 6.84. The third kappa shape index (κ3) is 14.1. The molecule has 3 aromatic carbocycles. The van der Waals surface area contributed by atoms with Gasteiger partial charge < -0.3 is 14.2 Å². The second-order valence-electron chi connectivity index (χ2n) is 12.3. The highest BCUT2D eigenvalue weighted by Gasteiger charge is 2.39. The zero-order valence-electron chi connectivity index (χ0n) is 29.1. The summed E-state index contributed by atoms with van der Waals surface area (Å²) < 4.78 is 30.1. The summed E-state index contributed by atoms with van der Waals surface area (Å²) in [6, 6.07) is 28.7. The molecule has 5 nitrogen and oxygen atoms in total. The van der Waals surface area contributed by atoms with Crippen molar-refractivity contribution in [3.63, 3.8) is 0 Å². The van der Waals surface area contributed by atoms with Gasteiger partial charge in [-0.15, -0.1) is 9.05 Å². The van der Waals surface area contributed by atoms with E-state index >= 15 is 0 Å². The van der Waals surface area contributed by atoms with Crippen molar-refractivity contribution in [3.8, 4) is 5.75 Å². The van der Waals surface area contributed by atoms with Crippen LogP contribution < -0.4 is 4.74 Å². The fraction of sp³-hybridized carbons (Fsp3) is 0.550. The summed E-state index contributed by atoms with van der Waals surface area (Å²) >= 11 is 5.44. The second kappa shape index (κ2) is 24.0. The molecule has 7 heteroatoms. The van der Waals surface area contributed by atoms with Crippen molar-refractivity contribution in [2.45, 2.75) is 109 Å². The highest BCUT2D eigenvalue weighted by atomic mass is 32.4. The molecule has 0 fully saturated rings. The van der Waals surface area contributed by atoms with Crippen molar-refractivity contribution in [3.05, 3.63) is 102 Å². The standard InChI is InChI=1S/C40H58O5PS/c1-4-5-6-7-8-9-10-11-12-13-14-15-16-23-32-43-33-39(45-46(47)42-3)34-44-40(35-24-19-17-20-25-35,36-26-21-18-22-27-36)37-28-30-38(41-2)31-29-37/h17-22,24-31,39H,4-16,23,32-34H2,1-3H3/q+1. The second-order valence-corrected chi connectivity index (χ2v) is 14.2. The van der Waals surface area contributed by atoms with Gasteiger partial charge in [0, 0.05) is 6.61 Å². The van der Waals surface area contributed by atoms with Crippen molar-refractivity contribution < 1.29 is 23.3 Å². The summed E-state index contributed by atoms with van der Waals surface area (Å²) in [4.78, 5) is 0. The molecular formula is C40H58O5PS+. The Balaban J connectivity index is 1.53. The van der Waals surface area contributed by atoms with Crippen molar-refractivity contribution >= 4 is 19.0 Å². The number of benzene rings is 3. The summed E-state index contributed by atoms with van der Waals surface area (Å²) in [7, 11) is 1.79. The van der Waals surface area contributed by atoms with Crippen LogP contribution in [-0.2, 0) is 35.9 Å². The van der Waals surface area contributed by atoms with E-state index in [1.807, 2.05) is 48.5 Å². The van der Waals surface area contributed by atoms with Crippen LogP contribution in [0, 0.1) is 0 Å². The summed E-state index contributed by atoms with van der Waals surface area (Å²) in [6.45, 7) is 3.64. The normalized spacial score (nSPS) is 12.6. The zero-order chi connectivity index (χ0) is 33.4. The molecule has 0 spiro atoms. The first-order valence-corrected chi connectivity index (χ1v) is 20.0. The Morgan fingerprint density at radius 2 is 1.06 bits per heavy atom.